The zero-order valence-electron chi connectivity index (χ0n) is 7.50. The summed E-state index contributed by atoms with van der Waals surface area (Å²) in [5, 5.41) is 0. The van der Waals surface area contributed by atoms with Gasteiger partial charge >= 0.3 is 6.18 Å². The van der Waals surface area contributed by atoms with Crippen molar-refractivity contribution < 1.29 is 17.6 Å². The third-order valence-corrected chi connectivity index (χ3v) is 2.85. The molecule has 0 saturated heterocycles. The van der Waals surface area contributed by atoms with Crippen LogP contribution in [0, 0.1) is 0 Å². The van der Waals surface area contributed by atoms with E-state index in [1.165, 1.54) is 6.07 Å². The molecule has 0 radical (unpaired) electrons. The molecule has 0 heterocycles. The van der Waals surface area contributed by atoms with E-state index in [0.29, 0.717) is 15.9 Å². The molecule has 15 heavy (non-hydrogen) atoms. The summed E-state index contributed by atoms with van der Waals surface area (Å²) in [7, 11) is 0. The van der Waals surface area contributed by atoms with Gasteiger partial charge in [0, 0.05) is 14.5 Å². The molecule has 1 atom stereocenters. The SMILES string of the molecule is CC(F)(c1cc(Br)cc(Br)c1)C(F)(F)F. The van der Waals surface area contributed by atoms with Crippen molar-refractivity contribution in [3.63, 3.8) is 0 Å². The Morgan fingerprint density at radius 3 is 1.67 bits per heavy atom. The van der Waals surface area contributed by atoms with Crippen LogP contribution in [-0.2, 0) is 5.67 Å². The van der Waals surface area contributed by atoms with E-state index in [0.717, 1.165) is 12.1 Å². The van der Waals surface area contributed by atoms with Crippen molar-refractivity contribution in [1.29, 1.82) is 0 Å². The van der Waals surface area contributed by atoms with E-state index >= 15 is 0 Å². The van der Waals surface area contributed by atoms with Gasteiger partial charge in [-0.05, 0) is 25.1 Å². The Morgan fingerprint density at radius 1 is 0.933 bits per heavy atom. The molecule has 1 aromatic carbocycles. The minimum Gasteiger partial charge on any atom is -0.229 e. The lowest BCUT2D eigenvalue weighted by atomic mass is 9.97. The van der Waals surface area contributed by atoms with Crippen LogP contribution in [0.4, 0.5) is 17.6 Å². The standard InChI is InChI=1S/C9H6Br2F4/c1-8(12,9(13,14)15)5-2-6(10)4-7(11)3-5/h2-4H,1H3. The fourth-order valence-electron chi connectivity index (χ4n) is 0.989. The van der Waals surface area contributed by atoms with Crippen molar-refractivity contribution >= 4 is 31.9 Å². The molecule has 84 valence electrons. The van der Waals surface area contributed by atoms with Crippen LogP contribution in [0.15, 0.2) is 27.1 Å². The van der Waals surface area contributed by atoms with E-state index in [1.807, 2.05) is 0 Å². The van der Waals surface area contributed by atoms with Gasteiger partial charge in [-0.3, -0.25) is 0 Å². The van der Waals surface area contributed by atoms with Crippen molar-refractivity contribution in [2.45, 2.75) is 18.8 Å². The summed E-state index contributed by atoms with van der Waals surface area (Å²) in [6.07, 6.45) is -4.92. The largest absolute Gasteiger partial charge is 0.426 e. The van der Waals surface area contributed by atoms with Crippen molar-refractivity contribution in [3.05, 3.63) is 32.7 Å². The molecule has 0 bridgehead atoms. The molecule has 0 saturated carbocycles. The maximum absolute atomic E-state index is 13.5. The summed E-state index contributed by atoms with van der Waals surface area (Å²) in [6, 6.07) is 3.76. The van der Waals surface area contributed by atoms with Crippen LogP contribution in [0.2, 0.25) is 0 Å². The molecule has 1 unspecified atom stereocenters. The van der Waals surface area contributed by atoms with Crippen LogP contribution in [0.5, 0.6) is 0 Å². The number of alkyl halides is 4. The van der Waals surface area contributed by atoms with Gasteiger partial charge in [-0.2, -0.15) is 13.2 Å². The van der Waals surface area contributed by atoms with Gasteiger partial charge in [0.2, 0.25) is 5.67 Å². The molecule has 0 aliphatic rings. The van der Waals surface area contributed by atoms with Gasteiger partial charge in [0.25, 0.3) is 0 Å². The number of halogens is 6. The second kappa shape index (κ2) is 4.05. The minimum absolute atomic E-state index is 0.389. The van der Waals surface area contributed by atoms with Gasteiger partial charge < -0.3 is 0 Å². The van der Waals surface area contributed by atoms with E-state index in [2.05, 4.69) is 31.9 Å². The molecule has 0 aliphatic carbocycles. The van der Waals surface area contributed by atoms with E-state index in [-0.39, 0.29) is 0 Å². The van der Waals surface area contributed by atoms with Gasteiger partial charge in [-0.1, -0.05) is 31.9 Å². The predicted octanol–water partition coefficient (Wildman–Crippen LogP) is 4.96. The van der Waals surface area contributed by atoms with E-state index in [1.54, 1.807) is 0 Å². The van der Waals surface area contributed by atoms with Gasteiger partial charge in [-0.15, -0.1) is 0 Å². The average molecular weight is 350 g/mol. The molecule has 0 aliphatic heterocycles. The molecule has 0 nitrogen and oxygen atoms in total. The molecular weight excluding hydrogens is 344 g/mol. The fraction of sp³-hybridized carbons (Fsp3) is 0.333. The second-order valence-corrected chi connectivity index (χ2v) is 4.99. The highest BCUT2D eigenvalue weighted by atomic mass is 79.9. The van der Waals surface area contributed by atoms with Crippen molar-refractivity contribution in [3.8, 4) is 0 Å². The maximum atomic E-state index is 13.5. The zero-order valence-corrected chi connectivity index (χ0v) is 10.7. The number of benzene rings is 1. The molecular formula is C9H6Br2F4. The quantitative estimate of drug-likeness (QED) is 0.629. The highest BCUT2D eigenvalue weighted by Gasteiger charge is 2.53. The lowest BCUT2D eigenvalue weighted by Gasteiger charge is -2.24. The van der Waals surface area contributed by atoms with E-state index in [4.69, 9.17) is 0 Å². The lowest BCUT2D eigenvalue weighted by molar-refractivity contribution is -0.228. The first kappa shape index (κ1) is 13.0. The van der Waals surface area contributed by atoms with Gasteiger partial charge in [0.15, 0.2) is 0 Å². The lowest BCUT2D eigenvalue weighted by Crippen LogP contribution is -2.34. The highest BCUT2D eigenvalue weighted by Crippen LogP contribution is 2.43. The first-order valence-corrected chi connectivity index (χ1v) is 5.45. The van der Waals surface area contributed by atoms with Crippen LogP contribution < -0.4 is 0 Å². The summed E-state index contributed by atoms with van der Waals surface area (Å²) in [5.41, 5.74) is -3.78. The number of hydrogen-bond acceptors (Lipinski definition) is 0. The molecule has 1 rings (SSSR count). The predicted molar refractivity (Wildman–Crippen MR) is 56.4 cm³/mol. The van der Waals surface area contributed by atoms with Crippen LogP contribution >= 0.6 is 31.9 Å². The van der Waals surface area contributed by atoms with Gasteiger partial charge in [0.05, 0.1) is 0 Å². The number of rotatable bonds is 1. The maximum Gasteiger partial charge on any atom is 0.426 e. The summed E-state index contributed by atoms with van der Waals surface area (Å²) in [5.74, 6) is 0. The molecule has 0 spiro atoms. The third kappa shape index (κ3) is 2.72. The van der Waals surface area contributed by atoms with E-state index < -0.39 is 17.4 Å². The highest BCUT2D eigenvalue weighted by molar-refractivity contribution is 9.11. The first-order chi connectivity index (χ1) is 6.64. The second-order valence-electron chi connectivity index (χ2n) is 3.16. The molecule has 0 fully saturated rings. The Morgan fingerprint density at radius 2 is 1.33 bits per heavy atom. The summed E-state index contributed by atoms with van der Waals surface area (Å²) < 4.78 is 51.4. The smallest absolute Gasteiger partial charge is 0.229 e. The van der Waals surface area contributed by atoms with Gasteiger partial charge in [0.1, 0.15) is 0 Å². The Kier molecular flexibility index (Phi) is 3.50. The monoisotopic (exact) mass is 348 g/mol. The Labute approximate surface area is 101 Å². The van der Waals surface area contributed by atoms with Crippen LogP contribution in [0.1, 0.15) is 12.5 Å². The van der Waals surface area contributed by atoms with E-state index in [9.17, 15) is 17.6 Å². The Bertz CT molecular complexity index is 351. The Hall–Kier alpha value is -0.100. The zero-order chi connectivity index (χ0) is 11.9. The molecule has 0 N–H and O–H groups in total. The van der Waals surface area contributed by atoms with Crippen LogP contribution in [0.3, 0.4) is 0 Å². The van der Waals surface area contributed by atoms with Gasteiger partial charge in [-0.25, -0.2) is 4.39 Å². The fourth-order valence-corrected chi connectivity index (χ4v) is 2.28. The van der Waals surface area contributed by atoms with Crippen LogP contribution in [-0.4, -0.2) is 6.18 Å². The normalized spacial score (nSPS) is 16.2. The summed E-state index contributed by atoms with van der Waals surface area (Å²) in [4.78, 5) is 0. The van der Waals surface area contributed by atoms with Crippen molar-refractivity contribution in [1.82, 2.24) is 0 Å². The summed E-state index contributed by atoms with van der Waals surface area (Å²) >= 11 is 6.02. The minimum atomic E-state index is -4.92. The molecule has 0 amide bonds. The molecule has 0 aromatic heterocycles. The van der Waals surface area contributed by atoms with Crippen LogP contribution in [0.25, 0.3) is 0 Å². The first-order valence-electron chi connectivity index (χ1n) is 3.87. The topological polar surface area (TPSA) is 0 Å². The number of hydrogen-bond donors (Lipinski definition) is 0. The Balaban J connectivity index is 3.27. The van der Waals surface area contributed by atoms with Crippen molar-refractivity contribution in [2.75, 3.05) is 0 Å². The summed E-state index contributed by atoms with van der Waals surface area (Å²) in [6.45, 7) is 0.501. The van der Waals surface area contributed by atoms with Crippen molar-refractivity contribution in [2.24, 2.45) is 0 Å². The molecule has 1 aromatic rings. The third-order valence-electron chi connectivity index (χ3n) is 1.94. The average Bonchev–Trinajstić information content (AvgIpc) is 1.99. The molecule has 6 heteroatoms.